The maximum atomic E-state index is 12.2. The van der Waals surface area contributed by atoms with Crippen molar-refractivity contribution in [1.29, 1.82) is 0 Å². The second kappa shape index (κ2) is 8.70. The Morgan fingerprint density at radius 2 is 1.93 bits per heavy atom. The van der Waals surface area contributed by atoms with Gasteiger partial charge in [0.05, 0.1) is 12.0 Å². The number of ether oxygens (including phenoxy) is 1. The summed E-state index contributed by atoms with van der Waals surface area (Å²) < 4.78 is 10.8. The van der Waals surface area contributed by atoms with Gasteiger partial charge >= 0.3 is 5.63 Å². The number of benzene rings is 1. The monoisotopic (exact) mass is 374 g/mol. The summed E-state index contributed by atoms with van der Waals surface area (Å²) in [5.74, 6) is -1.89. The lowest BCUT2D eigenvalue weighted by Crippen LogP contribution is -2.53. The first-order valence-corrected chi connectivity index (χ1v) is 8.97. The highest BCUT2D eigenvalue weighted by atomic mass is 16.5. The van der Waals surface area contributed by atoms with Crippen molar-refractivity contribution in [3.05, 3.63) is 40.2 Å². The number of rotatable bonds is 8. The first kappa shape index (κ1) is 20.5. The second-order valence-electron chi connectivity index (χ2n) is 6.81. The Labute approximate surface area is 157 Å². The van der Waals surface area contributed by atoms with Crippen LogP contribution in [0, 0.1) is 5.92 Å². The average Bonchev–Trinajstić information content (AvgIpc) is 2.58. The fourth-order valence-electron chi connectivity index (χ4n) is 2.79. The van der Waals surface area contributed by atoms with Gasteiger partial charge in [-0.2, -0.15) is 0 Å². The lowest BCUT2D eigenvalue weighted by Gasteiger charge is -2.25. The van der Waals surface area contributed by atoms with E-state index in [-0.39, 0.29) is 5.92 Å². The van der Waals surface area contributed by atoms with Crippen LogP contribution in [0.15, 0.2) is 33.5 Å². The molecule has 1 N–H and O–H groups in total. The molecule has 0 aliphatic rings. The molecule has 0 spiro atoms. The number of fused-ring (bicyclic) bond motifs is 1. The highest BCUT2D eigenvalue weighted by Crippen LogP contribution is 2.24. The number of amides is 1. The van der Waals surface area contributed by atoms with Crippen LogP contribution in [0.1, 0.15) is 39.7 Å². The lowest BCUT2D eigenvalue weighted by molar-refractivity contribution is -0.309. The zero-order chi connectivity index (χ0) is 20.1. The molecular formula is C20H24NO6-. The normalized spacial score (nSPS) is 13.4. The highest BCUT2D eigenvalue weighted by molar-refractivity contribution is 5.86. The van der Waals surface area contributed by atoms with Crippen molar-refractivity contribution in [1.82, 2.24) is 5.32 Å². The molecule has 2 atom stereocenters. The van der Waals surface area contributed by atoms with Crippen molar-refractivity contribution in [2.45, 2.75) is 52.7 Å². The van der Waals surface area contributed by atoms with Gasteiger partial charge in [-0.15, -0.1) is 0 Å². The van der Waals surface area contributed by atoms with E-state index in [0.717, 1.165) is 23.8 Å². The van der Waals surface area contributed by atoms with E-state index in [1.54, 1.807) is 32.0 Å². The molecule has 0 aliphatic carbocycles. The summed E-state index contributed by atoms with van der Waals surface area (Å²) in [6.07, 6.45) is 0.707. The number of carbonyl (C=O) groups excluding carboxylic acids is 2. The highest BCUT2D eigenvalue weighted by Gasteiger charge is 2.22. The molecule has 0 fully saturated rings. The third-order valence-corrected chi connectivity index (χ3v) is 4.22. The van der Waals surface area contributed by atoms with Crippen molar-refractivity contribution in [2.24, 2.45) is 5.92 Å². The molecule has 1 aromatic carbocycles. The lowest BCUT2D eigenvalue weighted by atomic mass is 10.0. The Morgan fingerprint density at radius 3 is 2.52 bits per heavy atom. The molecule has 2 aromatic rings. The molecule has 0 saturated carbocycles. The maximum absolute atomic E-state index is 12.2. The van der Waals surface area contributed by atoms with Crippen LogP contribution in [0.5, 0.6) is 5.75 Å². The summed E-state index contributed by atoms with van der Waals surface area (Å²) >= 11 is 0. The fourth-order valence-corrected chi connectivity index (χ4v) is 2.79. The van der Waals surface area contributed by atoms with Gasteiger partial charge in [0.2, 0.25) is 0 Å². The van der Waals surface area contributed by atoms with Crippen LogP contribution in [-0.2, 0) is 16.0 Å². The van der Waals surface area contributed by atoms with E-state index >= 15 is 0 Å². The van der Waals surface area contributed by atoms with Crippen LogP contribution >= 0.6 is 0 Å². The summed E-state index contributed by atoms with van der Waals surface area (Å²) in [6, 6.07) is 5.40. The molecule has 1 aromatic heterocycles. The topological polar surface area (TPSA) is 109 Å². The predicted octanol–water partition coefficient (Wildman–Crippen LogP) is 1.40. The van der Waals surface area contributed by atoms with Crippen LogP contribution in [0.3, 0.4) is 0 Å². The smallest absolute Gasteiger partial charge is 0.336 e. The minimum Gasteiger partial charge on any atom is -0.548 e. The summed E-state index contributed by atoms with van der Waals surface area (Å²) in [5.41, 5.74) is 0.836. The molecule has 0 radical (unpaired) electrons. The third-order valence-electron chi connectivity index (χ3n) is 4.22. The van der Waals surface area contributed by atoms with E-state index in [4.69, 9.17) is 9.15 Å². The summed E-state index contributed by atoms with van der Waals surface area (Å²) in [6.45, 7) is 6.88. The van der Waals surface area contributed by atoms with E-state index in [0.29, 0.717) is 11.3 Å². The number of hydrogen-bond acceptors (Lipinski definition) is 6. The Bertz CT molecular complexity index is 886. The van der Waals surface area contributed by atoms with Crippen LogP contribution in [0.2, 0.25) is 0 Å². The molecule has 146 valence electrons. The number of carbonyl (C=O) groups is 2. The quantitative estimate of drug-likeness (QED) is 0.700. The Kier molecular flexibility index (Phi) is 6.60. The van der Waals surface area contributed by atoms with Crippen molar-refractivity contribution in [3.8, 4) is 5.75 Å². The first-order valence-electron chi connectivity index (χ1n) is 8.97. The SMILES string of the molecule is CCCc1cc(=O)oc2cc(O[C@@H](C)C(=O)N[C@H](C(=O)[O-])C(C)C)ccc12. The fraction of sp³-hybridized carbons (Fsp3) is 0.450. The van der Waals surface area contributed by atoms with E-state index < -0.39 is 29.6 Å². The van der Waals surface area contributed by atoms with E-state index in [1.807, 2.05) is 6.92 Å². The van der Waals surface area contributed by atoms with Gasteiger partial charge in [0.15, 0.2) is 6.10 Å². The molecule has 7 heteroatoms. The Hall–Kier alpha value is -2.83. The average molecular weight is 374 g/mol. The van der Waals surface area contributed by atoms with Gasteiger partial charge in [0.1, 0.15) is 11.3 Å². The number of nitrogens with one attached hydrogen (secondary N) is 1. The van der Waals surface area contributed by atoms with Crippen molar-refractivity contribution in [2.75, 3.05) is 0 Å². The predicted molar refractivity (Wildman–Crippen MR) is 98.3 cm³/mol. The molecule has 0 unspecified atom stereocenters. The molecule has 1 heterocycles. The number of carboxylic acids is 1. The number of hydrogen-bond donors (Lipinski definition) is 1. The van der Waals surface area contributed by atoms with Crippen molar-refractivity contribution >= 4 is 22.8 Å². The summed E-state index contributed by atoms with van der Waals surface area (Å²) in [7, 11) is 0. The maximum Gasteiger partial charge on any atom is 0.336 e. The van der Waals surface area contributed by atoms with Crippen LogP contribution in [-0.4, -0.2) is 24.0 Å². The zero-order valence-electron chi connectivity index (χ0n) is 15.9. The molecular weight excluding hydrogens is 350 g/mol. The zero-order valence-corrected chi connectivity index (χ0v) is 15.9. The van der Waals surface area contributed by atoms with E-state index in [1.165, 1.54) is 13.0 Å². The van der Waals surface area contributed by atoms with Gasteiger partial charge in [-0.05, 0) is 37.0 Å². The first-order chi connectivity index (χ1) is 12.7. The van der Waals surface area contributed by atoms with Crippen LogP contribution in [0.4, 0.5) is 0 Å². The molecule has 2 rings (SSSR count). The summed E-state index contributed by atoms with van der Waals surface area (Å²) in [4.78, 5) is 35.1. The second-order valence-corrected chi connectivity index (χ2v) is 6.81. The minimum atomic E-state index is -1.35. The van der Waals surface area contributed by atoms with Crippen molar-refractivity contribution < 1.29 is 23.8 Å². The number of aryl methyl sites for hydroxylation is 1. The van der Waals surface area contributed by atoms with Crippen molar-refractivity contribution in [3.63, 3.8) is 0 Å². The standard InChI is InChI=1S/C20H25NO6/c1-5-6-13-9-17(22)27-16-10-14(7-8-15(13)16)26-12(4)19(23)21-18(11(2)3)20(24)25/h7-12,18H,5-6H2,1-4H3,(H,21,23)(H,24,25)/p-1/t12-,18-/m0/s1. The Morgan fingerprint density at radius 1 is 1.22 bits per heavy atom. The molecule has 0 bridgehead atoms. The van der Waals surface area contributed by atoms with E-state index in [9.17, 15) is 19.5 Å². The third kappa shape index (κ3) is 5.09. The molecule has 1 amide bonds. The molecule has 0 saturated heterocycles. The Balaban J connectivity index is 2.19. The largest absolute Gasteiger partial charge is 0.548 e. The van der Waals surface area contributed by atoms with Gasteiger partial charge in [-0.3, -0.25) is 4.79 Å². The minimum absolute atomic E-state index is 0.321. The van der Waals surface area contributed by atoms with Gasteiger partial charge in [-0.1, -0.05) is 27.2 Å². The van der Waals surface area contributed by atoms with Gasteiger partial charge in [0.25, 0.3) is 5.91 Å². The summed E-state index contributed by atoms with van der Waals surface area (Å²) in [5, 5.41) is 14.3. The van der Waals surface area contributed by atoms with Gasteiger partial charge in [0, 0.05) is 17.5 Å². The van der Waals surface area contributed by atoms with Gasteiger partial charge in [-0.25, -0.2) is 4.79 Å². The van der Waals surface area contributed by atoms with Crippen LogP contribution < -0.4 is 20.8 Å². The number of carboxylic acid groups (broad SMARTS) is 1. The van der Waals surface area contributed by atoms with Gasteiger partial charge < -0.3 is 24.4 Å². The van der Waals surface area contributed by atoms with Crippen LogP contribution in [0.25, 0.3) is 11.0 Å². The number of aliphatic carboxylic acids is 1. The molecule has 0 aliphatic heterocycles. The molecule has 27 heavy (non-hydrogen) atoms. The molecule has 7 nitrogen and oxygen atoms in total. The van der Waals surface area contributed by atoms with E-state index in [2.05, 4.69) is 5.32 Å².